The summed E-state index contributed by atoms with van der Waals surface area (Å²) in [6.45, 7) is 1.70. The molecule has 0 spiro atoms. The van der Waals surface area contributed by atoms with Gasteiger partial charge in [0.15, 0.2) is 0 Å². The lowest BCUT2D eigenvalue weighted by atomic mass is 9.95. The van der Waals surface area contributed by atoms with E-state index >= 15 is 0 Å². The molecule has 4 heteroatoms. The fourth-order valence-corrected chi connectivity index (χ4v) is 3.43. The molecule has 1 aliphatic rings. The molecule has 2 aromatic carbocycles. The van der Waals surface area contributed by atoms with E-state index in [1.807, 2.05) is 54.6 Å². The maximum absolute atomic E-state index is 12.3. The lowest BCUT2D eigenvalue weighted by Gasteiger charge is -2.17. The zero-order valence-electron chi connectivity index (χ0n) is 14.5. The number of benzene rings is 2. The van der Waals surface area contributed by atoms with Crippen LogP contribution in [0.15, 0.2) is 54.6 Å². The van der Waals surface area contributed by atoms with Crippen molar-refractivity contribution in [1.82, 2.24) is 5.32 Å². The van der Waals surface area contributed by atoms with E-state index in [-0.39, 0.29) is 11.8 Å². The van der Waals surface area contributed by atoms with Crippen LogP contribution >= 0.6 is 0 Å². The first kappa shape index (κ1) is 17.5. The summed E-state index contributed by atoms with van der Waals surface area (Å²) in [6.07, 6.45) is 3.13. The topological polar surface area (TPSA) is 64.4 Å². The Morgan fingerprint density at radius 2 is 1.80 bits per heavy atom. The molecule has 1 saturated carbocycles. The second-order valence-electron chi connectivity index (χ2n) is 6.67. The van der Waals surface area contributed by atoms with Crippen molar-refractivity contribution in [2.24, 2.45) is 17.6 Å². The molecule has 0 aromatic heterocycles. The lowest BCUT2D eigenvalue weighted by molar-refractivity contribution is -0.126. The minimum Gasteiger partial charge on any atom is -0.489 e. The molecule has 0 bridgehead atoms. The fourth-order valence-electron chi connectivity index (χ4n) is 3.43. The maximum atomic E-state index is 12.3. The van der Waals surface area contributed by atoms with Crippen molar-refractivity contribution in [1.29, 1.82) is 0 Å². The molecular weight excluding hydrogens is 312 g/mol. The first-order valence-electron chi connectivity index (χ1n) is 8.99. The molecule has 0 heterocycles. The molecule has 0 unspecified atom stereocenters. The van der Waals surface area contributed by atoms with E-state index < -0.39 is 0 Å². The summed E-state index contributed by atoms with van der Waals surface area (Å²) in [5, 5.41) is 3.05. The van der Waals surface area contributed by atoms with Crippen molar-refractivity contribution in [2.45, 2.75) is 32.4 Å². The van der Waals surface area contributed by atoms with Gasteiger partial charge in [0.2, 0.25) is 5.91 Å². The van der Waals surface area contributed by atoms with Gasteiger partial charge in [-0.2, -0.15) is 0 Å². The fraction of sp³-hybridized carbons (Fsp3) is 0.381. The van der Waals surface area contributed by atoms with Gasteiger partial charge in [0, 0.05) is 12.5 Å². The van der Waals surface area contributed by atoms with Gasteiger partial charge in [-0.15, -0.1) is 0 Å². The third-order valence-electron chi connectivity index (χ3n) is 4.94. The number of amides is 1. The van der Waals surface area contributed by atoms with Crippen LogP contribution in [0.25, 0.3) is 0 Å². The minimum absolute atomic E-state index is 0.0819. The summed E-state index contributed by atoms with van der Waals surface area (Å²) in [5.41, 5.74) is 7.98. The number of hydrogen-bond donors (Lipinski definition) is 2. The average Bonchev–Trinajstić information content (AvgIpc) is 3.15. The van der Waals surface area contributed by atoms with Crippen LogP contribution < -0.4 is 15.8 Å². The van der Waals surface area contributed by atoms with Crippen LogP contribution in [0.2, 0.25) is 0 Å². The lowest BCUT2D eigenvalue weighted by Crippen LogP contribution is -2.34. The molecule has 4 nitrogen and oxygen atoms in total. The van der Waals surface area contributed by atoms with Crippen LogP contribution in [0.1, 0.15) is 30.4 Å². The molecular formula is C21H26N2O2. The maximum Gasteiger partial charge on any atom is 0.223 e. The van der Waals surface area contributed by atoms with E-state index in [4.69, 9.17) is 10.5 Å². The van der Waals surface area contributed by atoms with E-state index in [0.29, 0.717) is 25.6 Å². The number of ether oxygens (including phenoxy) is 1. The average molecular weight is 338 g/mol. The summed E-state index contributed by atoms with van der Waals surface area (Å²) in [4.78, 5) is 12.3. The Morgan fingerprint density at radius 3 is 2.52 bits per heavy atom. The SMILES string of the molecule is NC[C@H]1CCC[C@H]1C(=O)NCc1ccc(OCc2ccccc2)cc1. The zero-order valence-corrected chi connectivity index (χ0v) is 14.5. The minimum atomic E-state index is 0.0819. The van der Waals surface area contributed by atoms with Gasteiger partial charge < -0.3 is 15.8 Å². The zero-order chi connectivity index (χ0) is 17.5. The molecule has 3 rings (SSSR count). The van der Waals surface area contributed by atoms with E-state index in [1.54, 1.807) is 0 Å². The molecule has 2 aromatic rings. The van der Waals surface area contributed by atoms with Crippen LogP contribution in [-0.2, 0) is 17.9 Å². The van der Waals surface area contributed by atoms with Crippen molar-refractivity contribution in [3.8, 4) is 5.75 Å². The predicted molar refractivity (Wildman–Crippen MR) is 98.9 cm³/mol. The van der Waals surface area contributed by atoms with E-state index in [0.717, 1.165) is 36.1 Å². The molecule has 3 N–H and O–H groups in total. The van der Waals surface area contributed by atoms with Crippen molar-refractivity contribution in [3.63, 3.8) is 0 Å². The molecule has 1 fully saturated rings. The number of nitrogens with two attached hydrogens (primary N) is 1. The standard InChI is InChI=1S/C21H26N2O2/c22-13-18-7-4-8-20(18)21(24)23-14-16-9-11-19(12-10-16)25-15-17-5-2-1-3-6-17/h1-3,5-6,9-12,18,20H,4,7-8,13-15,22H2,(H,23,24)/t18-,20-/m1/s1. The Kier molecular flexibility index (Phi) is 6.07. The van der Waals surface area contributed by atoms with Crippen LogP contribution in [0.4, 0.5) is 0 Å². The first-order chi connectivity index (χ1) is 12.3. The molecule has 25 heavy (non-hydrogen) atoms. The van der Waals surface area contributed by atoms with Gasteiger partial charge in [-0.3, -0.25) is 4.79 Å². The Labute approximate surface area is 149 Å². The van der Waals surface area contributed by atoms with E-state index in [1.165, 1.54) is 0 Å². The van der Waals surface area contributed by atoms with Crippen LogP contribution in [0.5, 0.6) is 5.75 Å². The van der Waals surface area contributed by atoms with Crippen LogP contribution in [0.3, 0.4) is 0 Å². The van der Waals surface area contributed by atoms with Gasteiger partial charge in [0.25, 0.3) is 0 Å². The molecule has 2 atom stereocenters. The highest BCUT2D eigenvalue weighted by atomic mass is 16.5. The Balaban J connectivity index is 1.47. The summed E-state index contributed by atoms with van der Waals surface area (Å²) in [5.74, 6) is 1.39. The number of nitrogens with one attached hydrogen (secondary N) is 1. The number of hydrogen-bond acceptors (Lipinski definition) is 3. The molecule has 0 aliphatic heterocycles. The van der Waals surface area contributed by atoms with Gasteiger partial charge >= 0.3 is 0 Å². The van der Waals surface area contributed by atoms with Gasteiger partial charge in [-0.25, -0.2) is 0 Å². The molecule has 0 radical (unpaired) electrons. The summed E-state index contributed by atoms with van der Waals surface area (Å²) in [7, 11) is 0. The van der Waals surface area contributed by atoms with Crippen molar-refractivity contribution >= 4 is 5.91 Å². The quantitative estimate of drug-likeness (QED) is 0.814. The third-order valence-corrected chi connectivity index (χ3v) is 4.94. The Morgan fingerprint density at radius 1 is 1.04 bits per heavy atom. The van der Waals surface area contributed by atoms with Crippen molar-refractivity contribution < 1.29 is 9.53 Å². The third kappa shape index (κ3) is 4.83. The van der Waals surface area contributed by atoms with Crippen molar-refractivity contribution in [3.05, 3.63) is 65.7 Å². The normalized spacial score (nSPS) is 19.6. The van der Waals surface area contributed by atoms with Gasteiger partial charge in [0.05, 0.1) is 0 Å². The van der Waals surface area contributed by atoms with E-state index in [2.05, 4.69) is 5.32 Å². The smallest absolute Gasteiger partial charge is 0.223 e. The second kappa shape index (κ2) is 8.67. The highest BCUT2D eigenvalue weighted by Crippen LogP contribution is 2.31. The Hall–Kier alpha value is -2.33. The summed E-state index contributed by atoms with van der Waals surface area (Å²) < 4.78 is 5.78. The van der Waals surface area contributed by atoms with Gasteiger partial charge in [0.1, 0.15) is 12.4 Å². The number of rotatable bonds is 7. The monoisotopic (exact) mass is 338 g/mol. The largest absolute Gasteiger partial charge is 0.489 e. The molecule has 132 valence electrons. The highest BCUT2D eigenvalue weighted by Gasteiger charge is 2.31. The first-order valence-corrected chi connectivity index (χ1v) is 8.99. The Bertz CT molecular complexity index is 670. The second-order valence-corrected chi connectivity index (χ2v) is 6.67. The predicted octanol–water partition coefficient (Wildman–Crippen LogP) is 3.26. The van der Waals surface area contributed by atoms with Crippen LogP contribution in [0, 0.1) is 11.8 Å². The van der Waals surface area contributed by atoms with Gasteiger partial charge in [-0.1, -0.05) is 48.9 Å². The van der Waals surface area contributed by atoms with Crippen LogP contribution in [-0.4, -0.2) is 12.5 Å². The summed E-state index contributed by atoms with van der Waals surface area (Å²) >= 11 is 0. The number of carbonyl (C=O) groups excluding carboxylic acids is 1. The van der Waals surface area contributed by atoms with Crippen molar-refractivity contribution in [2.75, 3.05) is 6.54 Å². The van der Waals surface area contributed by atoms with Gasteiger partial charge in [-0.05, 0) is 48.6 Å². The highest BCUT2D eigenvalue weighted by molar-refractivity contribution is 5.79. The van der Waals surface area contributed by atoms with E-state index in [9.17, 15) is 4.79 Å². The molecule has 1 amide bonds. The summed E-state index contributed by atoms with van der Waals surface area (Å²) in [6, 6.07) is 18.0. The number of carbonyl (C=O) groups is 1. The molecule has 1 aliphatic carbocycles. The molecule has 0 saturated heterocycles.